The highest BCUT2D eigenvalue weighted by molar-refractivity contribution is 7.97. The van der Waals surface area contributed by atoms with Gasteiger partial charge in [0.05, 0.1) is 74.2 Å². The molecule has 18 fully saturated rings. The second-order valence-electron chi connectivity index (χ2n) is 46.2. The van der Waals surface area contributed by atoms with Crippen LogP contribution >= 0.6 is 0 Å². The Morgan fingerprint density at radius 1 is 0.382 bits per heavy atom. The van der Waals surface area contributed by atoms with E-state index in [1.165, 1.54) is 66.1 Å². The maximum Gasteiger partial charge on any atom is 0.347 e. The standard InChI is InChI=1S/C21H32F2O4.C18H15S.C17H28O2.2C16H26O3.2C10H16O4/c1-5-19(2,11-17(24)26-12-20(3,22)23)18(25)27-21(4)15-7-13-6-14(9-15)10-16(21)8-13;1-4-10-16(11-5-1)19(17-12-6-2-7-13-17)18-14-8-3-9-15-18;1-5-16(2,3)15(18)19-17(4)13-7-11-6-12(9-13)10-14(17)8-11;2*1-4-14(2,3)13(17)19-16-8-11-5-12(9-16)7-15(18,6-11)10-16;2*1-4-10(2,3)9(12)14-7-5-6-13-8(7)11/h13-16H,5-12H2,1-4H3;1-15H;11-14H,5-10H2,1-4H3;2*11-12,18H,4-10H2,1-3H3;2*7H,4-6H2,1-3H3/q;+1;;;;;. The van der Waals surface area contributed by atoms with E-state index in [0.717, 1.165) is 120 Å². The van der Waals surface area contributed by atoms with E-state index in [0.29, 0.717) is 112 Å². The number of aliphatic hydroxyl groups is 2. The lowest BCUT2D eigenvalue weighted by Gasteiger charge is -2.59. The van der Waals surface area contributed by atoms with Crippen molar-refractivity contribution < 1.29 is 105 Å². The number of ether oxygens (including phenoxy) is 9. The van der Waals surface area contributed by atoms with Crippen LogP contribution in [0, 0.1) is 104 Å². The molecule has 0 amide bonds. The molecular weight excluding hydrogens is 1690 g/mol. The van der Waals surface area contributed by atoms with Crippen molar-refractivity contribution in [1.82, 2.24) is 0 Å². The maximum absolute atomic E-state index is 13.1. The van der Waals surface area contributed by atoms with Gasteiger partial charge in [0.2, 0.25) is 12.2 Å². The average molecular weight is 1850 g/mol. The van der Waals surface area contributed by atoms with E-state index in [2.05, 4.69) is 117 Å². The average Bonchev–Trinajstić information content (AvgIpc) is 1.22. The zero-order chi connectivity index (χ0) is 96.1. The number of carbonyl (C=O) groups is 9. The van der Waals surface area contributed by atoms with Gasteiger partial charge in [-0.3, -0.25) is 33.6 Å². The molecule has 20 nitrogen and oxygen atoms in total. The van der Waals surface area contributed by atoms with Crippen molar-refractivity contribution in [3.05, 3.63) is 91.0 Å². The molecule has 23 heteroatoms. The summed E-state index contributed by atoms with van der Waals surface area (Å²) in [5.74, 6) is 1.73. The second kappa shape index (κ2) is 41.5. The van der Waals surface area contributed by atoms with E-state index < -0.39 is 92.5 Å². The van der Waals surface area contributed by atoms with Crippen molar-refractivity contribution in [1.29, 1.82) is 0 Å². The quantitative estimate of drug-likeness (QED) is 0.0453. The van der Waals surface area contributed by atoms with Gasteiger partial charge in [0, 0.05) is 32.6 Å². The number of rotatable bonds is 25. The molecule has 7 atom stereocenters. The number of benzene rings is 3. The van der Waals surface area contributed by atoms with Crippen LogP contribution in [-0.2, 0) is 96.7 Å². The highest BCUT2D eigenvalue weighted by atomic mass is 32.2. The van der Waals surface area contributed by atoms with Gasteiger partial charge in [0.1, 0.15) is 22.4 Å². The highest BCUT2D eigenvalue weighted by Gasteiger charge is 2.64. The molecule has 18 aliphatic rings. The van der Waals surface area contributed by atoms with Crippen LogP contribution in [0.3, 0.4) is 0 Å². The predicted molar refractivity (Wildman–Crippen MR) is 497 cm³/mol. The van der Waals surface area contributed by atoms with Crippen LogP contribution in [0.4, 0.5) is 8.78 Å². The Hall–Kier alpha value is -6.98. The minimum Gasteiger partial charge on any atom is -0.463 e. The molecule has 730 valence electrons. The van der Waals surface area contributed by atoms with Crippen LogP contribution in [0.25, 0.3) is 0 Å². The summed E-state index contributed by atoms with van der Waals surface area (Å²) in [7, 11) is -0.0146. The minimum absolute atomic E-state index is 0.0146. The summed E-state index contributed by atoms with van der Waals surface area (Å²) in [5, 5.41) is 21.3. The Kier molecular flexibility index (Phi) is 33.1. The highest BCUT2D eigenvalue weighted by Crippen LogP contribution is 2.64. The Morgan fingerprint density at radius 3 is 0.916 bits per heavy atom. The van der Waals surface area contributed by atoms with Crippen LogP contribution in [0.1, 0.15) is 338 Å². The largest absolute Gasteiger partial charge is 0.463 e. The van der Waals surface area contributed by atoms with Gasteiger partial charge in [-0.1, -0.05) is 96.1 Å². The van der Waals surface area contributed by atoms with E-state index in [4.69, 9.17) is 37.9 Å². The first kappa shape index (κ1) is 104. The fourth-order valence-corrected chi connectivity index (χ4v) is 26.0. The molecule has 0 aromatic heterocycles. The first-order chi connectivity index (χ1) is 61.2. The van der Waals surface area contributed by atoms with E-state index in [-0.39, 0.29) is 69.4 Å². The molecule has 16 aliphatic carbocycles. The smallest absolute Gasteiger partial charge is 0.347 e. The van der Waals surface area contributed by atoms with E-state index in [9.17, 15) is 62.1 Å². The zero-order valence-electron chi connectivity index (χ0n) is 82.7. The molecule has 0 radical (unpaired) electrons. The van der Waals surface area contributed by atoms with Crippen LogP contribution in [0.5, 0.6) is 0 Å². The van der Waals surface area contributed by atoms with E-state index in [1.54, 1.807) is 34.6 Å². The lowest BCUT2D eigenvalue weighted by molar-refractivity contribution is -0.226. The Labute approximate surface area is 783 Å². The maximum atomic E-state index is 13.1. The fourth-order valence-electron chi connectivity index (χ4n) is 23.9. The van der Waals surface area contributed by atoms with Gasteiger partial charge in [-0.2, -0.15) is 0 Å². The number of carbonyl (C=O) groups excluding carboxylic acids is 9. The Balaban J connectivity index is 0.000000149. The van der Waals surface area contributed by atoms with Crippen molar-refractivity contribution in [2.75, 3.05) is 19.8 Å². The molecule has 131 heavy (non-hydrogen) atoms. The van der Waals surface area contributed by atoms with Crippen molar-refractivity contribution in [3.8, 4) is 0 Å². The summed E-state index contributed by atoms with van der Waals surface area (Å²) in [4.78, 5) is 112. The van der Waals surface area contributed by atoms with Gasteiger partial charge in [-0.05, 0) is 364 Å². The molecule has 3 aromatic rings. The van der Waals surface area contributed by atoms with Crippen LogP contribution in [0.15, 0.2) is 106 Å². The first-order valence-corrected chi connectivity index (χ1v) is 51.0. The molecule has 21 rings (SSSR count). The van der Waals surface area contributed by atoms with Crippen molar-refractivity contribution in [2.24, 2.45) is 104 Å². The van der Waals surface area contributed by atoms with Gasteiger partial charge < -0.3 is 52.8 Å². The Morgan fingerprint density at radius 2 is 0.656 bits per heavy atom. The predicted octanol–water partition coefficient (Wildman–Crippen LogP) is 22.4. The summed E-state index contributed by atoms with van der Waals surface area (Å²) in [6.07, 6.45) is 27.3. The monoisotopic (exact) mass is 1850 g/mol. The first-order valence-electron chi connectivity index (χ1n) is 49.8. The van der Waals surface area contributed by atoms with E-state index in [1.807, 2.05) is 76.2 Å². The summed E-state index contributed by atoms with van der Waals surface area (Å²) < 4.78 is 74.2. The van der Waals surface area contributed by atoms with Crippen molar-refractivity contribution in [3.63, 3.8) is 0 Å². The zero-order valence-corrected chi connectivity index (χ0v) is 83.5. The molecule has 2 N–H and O–H groups in total. The van der Waals surface area contributed by atoms with Gasteiger partial charge in [0.15, 0.2) is 21.3 Å². The second-order valence-corrected chi connectivity index (χ2v) is 48.3. The number of halogens is 2. The number of hydrogen-bond donors (Lipinski definition) is 2. The Bertz CT molecular complexity index is 4110. The van der Waals surface area contributed by atoms with Crippen molar-refractivity contribution in [2.45, 2.75) is 404 Å². The van der Waals surface area contributed by atoms with Crippen molar-refractivity contribution >= 4 is 64.6 Å². The van der Waals surface area contributed by atoms with Crippen LogP contribution in [-0.4, -0.2) is 135 Å². The van der Waals surface area contributed by atoms with Gasteiger partial charge in [-0.25, -0.2) is 18.4 Å². The fraction of sp³-hybridized carbons (Fsp3) is 0.750. The van der Waals surface area contributed by atoms with Gasteiger partial charge >= 0.3 is 53.7 Å². The van der Waals surface area contributed by atoms with E-state index >= 15 is 0 Å². The summed E-state index contributed by atoms with van der Waals surface area (Å²) in [6, 6.07) is 32.2. The van der Waals surface area contributed by atoms with Crippen LogP contribution < -0.4 is 0 Å². The number of esters is 9. The van der Waals surface area contributed by atoms with Crippen LogP contribution in [0.2, 0.25) is 0 Å². The molecule has 16 saturated carbocycles. The van der Waals surface area contributed by atoms with Gasteiger partial charge in [-0.15, -0.1) is 0 Å². The summed E-state index contributed by atoms with van der Waals surface area (Å²) >= 11 is 0. The lowest BCUT2D eigenvalue weighted by atomic mass is 9.50. The molecule has 16 bridgehead atoms. The third-order valence-corrected chi connectivity index (χ3v) is 35.6. The normalized spacial score (nSPS) is 33.2. The molecule has 3 aromatic carbocycles. The topological polar surface area (TPSA) is 277 Å². The number of alkyl halides is 2. The SMILES string of the molecule is CCC(C)(C)C(=O)OC1(C)C2CC3CC(C2)CC1C3.CCC(C)(C)C(=O)OC12CC3CC(CC(O)(C3)C1)C2.CCC(C)(C)C(=O)OC12CC3CC(CC(O)(C3)C1)C2.CCC(C)(C)C(=O)OC1CCOC1=O.CCC(C)(C)C(=O)OC1CCOC1=O.CCC(C)(CC(=O)OCC(C)(F)F)C(=O)OC1(C)C2CC3CC(C2)CC1C3.c1ccc([S+](c2ccccc2)c2ccccc2)cc1. The number of cyclic esters (lactones) is 2. The molecule has 7 unspecified atom stereocenters. The third kappa shape index (κ3) is 25.5. The van der Waals surface area contributed by atoms with Gasteiger partial charge in [0.25, 0.3) is 5.92 Å². The summed E-state index contributed by atoms with van der Waals surface area (Å²) in [6.45, 7) is 37.1. The molecule has 2 heterocycles. The molecule has 2 saturated heterocycles. The lowest BCUT2D eigenvalue weighted by Crippen LogP contribution is -2.61. The third-order valence-electron chi connectivity index (χ3n) is 33.4. The molecule has 2 aliphatic heterocycles. The molecule has 0 spiro atoms. The summed E-state index contributed by atoms with van der Waals surface area (Å²) in [5.41, 5.74) is -5.73. The minimum atomic E-state index is -3.08. The number of hydrogen-bond acceptors (Lipinski definition) is 20. The molecular formula is C108H159F2O20S+.